The minimum atomic E-state index is -0.381. The fourth-order valence-corrected chi connectivity index (χ4v) is 2.24. The van der Waals surface area contributed by atoms with Gasteiger partial charge in [0.05, 0.1) is 6.10 Å². The average molecular weight is 249 g/mol. The van der Waals surface area contributed by atoms with E-state index in [0.29, 0.717) is 0 Å². The number of nitrogens with zero attached hydrogens (tertiary/aromatic N) is 1. The van der Waals surface area contributed by atoms with Crippen LogP contribution in [0.25, 0.3) is 0 Å². The summed E-state index contributed by atoms with van der Waals surface area (Å²) in [4.78, 5) is 2.42. The van der Waals surface area contributed by atoms with Gasteiger partial charge in [-0.1, -0.05) is 38.8 Å². The van der Waals surface area contributed by atoms with E-state index in [1.807, 2.05) is 12.1 Å². The molecule has 2 nitrogen and oxygen atoms in total. The molecule has 0 amide bonds. The molecule has 1 rings (SSSR count). The largest absolute Gasteiger partial charge is 0.389 e. The van der Waals surface area contributed by atoms with Gasteiger partial charge in [-0.3, -0.25) is 0 Å². The molecule has 1 aromatic carbocycles. The Morgan fingerprint density at radius 1 is 1.06 bits per heavy atom. The Kier molecular flexibility index (Phi) is 6.20. The molecular formula is C16H27NO. The number of benzene rings is 1. The van der Waals surface area contributed by atoms with Gasteiger partial charge >= 0.3 is 0 Å². The standard InChI is InChI=1S/C16H27NO/c1-5-14(6-2)12-17(7-3)16-10-8-15(9-11-16)13(4)18/h8-11,13-14,18H,5-7,12H2,1-4H3/t13-/m1/s1. The summed E-state index contributed by atoms with van der Waals surface area (Å²) < 4.78 is 0. The molecule has 18 heavy (non-hydrogen) atoms. The molecule has 0 aromatic heterocycles. The van der Waals surface area contributed by atoms with Gasteiger partial charge in [0.1, 0.15) is 0 Å². The molecule has 0 bridgehead atoms. The zero-order valence-electron chi connectivity index (χ0n) is 12.2. The summed E-state index contributed by atoms with van der Waals surface area (Å²) in [6.07, 6.45) is 2.09. The monoisotopic (exact) mass is 249 g/mol. The van der Waals surface area contributed by atoms with E-state index in [1.54, 1.807) is 6.92 Å². The van der Waals surface area contributed by atoms with Crippen LogP contribution in [0.4, 0.5) is 5.69 Å². The van der Waals surface area contributed by atoms with Gasteiger partial charge in [0.15, 0.2) is 0 Å². The van der Waals surface area contributed by atoms with E-state index >= 15 is 0 Å². The highest BCUT2D eigenvalue weighted by molar-refractivity contribution is 5.47. The number of hydrogen-bond acceptors (Lipinski definition) is 2. The molecule has 0 aliphatic heterocycles. The van der Waals surface area contributed by atoms with Gasteiger partial charge in [0.25, 0.3) is 0 Å². The van der Waals surface area contributed by atoms with Crippen LogP contribution in [0.15, 0.2) is 24.3 Å². The van der Waals surface area contributed by atoms with Crippen LogP contribution in [-0.2, 0) is 0 Å². The average Bonchev–Trinajstić information content (AvgIpc) is 2.40. The third-order valence-corrected chi connectivity index (χ3v) is 3.76. The highest BCUT2D eigenvalue weighted by Gasteiger charge is 2.11. The quantitative estimate of drug-likeness (QED) is 0.789. The Morgan fingerprint density at radius 2 is 1.61 bits per heavy atom. The van der Waals surface area contributed by atoms with Gasteiger partial charge in [0.2, 0.25) is 0 Å². The van der Waals surface area contributed by atoms with Crippen LogP contribution in [-0.4, -0.2) is 18.2 Å². The lowest BCUT2D eigenvalue weighted by atomic mass is 10.0. The molecule has 1 atom stereocenters. The summed E-state index contributed by atoms with van der Waals surface area (Å²) in [5.41, 5.74) is 2.24. The second-order valence-corrected chi connectivity index (χ2v) is 4.99. The molecule has 0 heterocycles. The molecule has 2 heteroatoms. The second-order valence-electron chi connectivity index (χ2n) is 4.99. The summed E-state index contributed by atoms with van der Waals surface area (Å²) in [5, 5.41) is 9.52. The van der Waals surface area contributed by atoms with Crippen molar-refractivity contribution < 1.29 is 5.11 Å². The number of rotatable bonds is 7. The van der Waals surface area contributed by atoms with Crippen molar-refractivity contribution in [2.75, 3.05) is 18.0 Å². The minimum Gasteiger partial charge on any atom is -0.389 e. The lowest BCUT2D eigenvalue weighted by molar-refractivity contribution is 0.199. The Labute approximate surface area is 112 Å². The van der Waals surface area contributed by atoms with E-state index in [-0.39, 0.29) is 6.10 Å². The van der Waals surface area contributed by atoms with Gasteiger partial charge in [-0.15, -0.1) is 0 Å². The fraction of sp³-hybridized carbons (Fsp3) is 0.625. The molecule has 0 radical (unpaired) electrons. The smallest absolute Gasteiger partial charge is 0.0761 e. The van der Waals surface area contributed by atoms with Crippen LogP contribution in [0, 0.1) is 5.92 Å². The number of aliphatic hydroxyl groups excluding tert-OH is 1. The third-order valence-electron chi connectivity index (χ3n) is 3.76. The minimum absolute atomic E-state index is 0.381. The summed E-state index contributed by atoms with van der Waals surface area (Å²) in [5.74, 6) is 0.765. The summed E-state index contributed by atoms with van der Waals surface area (Å²) in [6, 6.07) is 8.28. The van der Waals surface area contributed by atoms with Crippen LogP contribution in [0.1, 0.15) is 52.2 Å². The maximum Gasteiger partial charge on any atom is 0.0761 e. The summed E-state index contributed by atoms with van der Waals surface area (Å²) in [7, 11) is 0. The van der Waals surface area contributed by atoms with Gasteiger partial charge < -0.3 is 10.0 Å². The molecule has 0 aliphatic rings. The van der Waals surface area contributed by atoms with Crippen LogP contribution in [0.3, 0.4) is 0 Å². The fourth-order valence-electron chi connectivity index (χ4n) is 2.24. The third kappa shape index (κ3) is 4.02. The topological polar surface area (TPSA) is 23.5 Å². The van der Waals surface area contributed by atoms with Gasteiger partial charge in [-0.2, -0.15) is 0 Å². The SMILES string of the molecule is CCC(CC)CN(CC)c1ccc([C@@H](C)O)cc1. The zero-order valence-corrected chi connectivity index (χ0v) is 12.2. The maximum absolute atomic E-state index is 9.52. The summed E-state index contributed by atoms with van der Waals surface area (Å²) >= 11 is 0. The first-order chi connectivity index (χ1) is 8.62. The molecule has 1 aromatic rings. The molecule has 0 unspecified atom stereocenters. The van der Waals surface area contributed by atoms with Crippen LogP contribution >= 0.6 is 0 Å². The van der Waals surface area contributed by atoms with Crippen molar-refractivity contribution in [2.45, 2.75) is 46.6 Å². The molecule has 102 valence electrons. The van der Waals surface area contributed by atoms with E-state index in [4.69, 9.17) is 0 Å². The van der Waals surface area contributed by atoms with Crippen LogP contribution < -0.4 is 4.90 Å². The van der Waals surface area contributed by atoms with Gasteiger partial charge in [0, 0.05) is 18.8 Å². The molecule has 0 saturated heterocycles. The van der Waals surface area contributed by atoms with Crippen LogP contribution in [0.2, 0.25) is 0 Å². The highest BCUT2D eigenvalue weighted by Crippen LogP contribution is 2.21. The number of anilines is 1. The lowest BCUT2D eigenvalue weighted by Gasteiger charge is -2.27. The van der Waals surface area contributed by atoms with Crippen molar-refractivity contribution in [2.24, 2.45) is 5.92 Å². The first-order valence-corrected chi connectivity index (χ1v) is 7.15. The van der Waals surface area contributed by atoms with E-state index in [1.165, 1.54) is 18.5 Å². The van der Waals surface area contributed by atoms with E-state index in [9.17, 15) is 5.11 Å². The Bertz CT molecular complexity index is 327. The van der Waals surface area contributed by atoms with Gasteiger partial charge in [-0.25, -0.2) is 0 Å². The molecule has 0 aliphatic carbocycles. The first-order valence-electron chi connectivity index (χ1n) is 7.15. The second kappa shape index (κ2) is 7.42. The van der Waals surface area contributed by atoms with Crippen molar-refractivity contribution in [1.82, 2.24) is 0 Å². The van der Waals surface area contributed by atoms with Crippen molar-refractivity contribution in [3.63, 3.8) is 0 Å². The number of hydrogen-bond donors (Lipinski definition) is 1. The van der Waals surface area contributed by atoms with Crippen molar-refractivity contribution in [3.8, 4) is 0 Å². The van der Waals surface area contributed by atoms with Crippen molar-refractivity contribution in [3.05, 3.63) is 29.8 Å². The predicted molar refractivity (Wildman–Crippen MR) is 79.0 cm³/mol. The first kappa shape index (κ1) is 15.0. The van der Waals surface area contributed by atoms with E-state index in [2.05, 4.69) is 37.8 Å². The number of aliphatic hydroxyl groups is 1. The Morgan fingerprint density at radius 3 is 2.00 bits per heavy atom. The van der Waals surface area contributed by atoms with E-state index < -0.39 is 0 Å². The molecule has 1 N–H and O–H groups in total. The van der Waals surface area contributed by atoms with E-state index in [0.717, 1.165) is 24.6 Å². The van der Waals surface area contributed by atoms with Crippen molar-refractivity contribution >= 4 is 5.69 Å². The molecule has 0 saturated carbocycles. The lowest BCUT2D eigenvalue weighted by Crippen LogP contribution is -2.28. The Balaban J connectivity index is 2.75. The van der Waals surface area contributed by atoms with Crippen molar-refractivity contribution in [1.29, 1.82) is 0 Å². The van der Waals surface area contributed by atoms with Crippen LogP contribution in [0.5, 0.6) is 0 Å². The molecular weight excluding hydrogens is 222 g/mol. The molecule has 0 fully saturated rings. The Hall–Kier alpha value is -1.02. The predicted octanol–water partition coefficient (Wildman–Crippen LogP) is 4.00. The molecule has 0 spiro atoms. The maximum atomic E-state index is 9.52. The highest BCUT2D eigenvalue weighted by atomic mass is 16.3. The normalized spacial score (nSPS) is 12.8. The zero-order chi connectivity index (χ0) is 13.5. The van der Waals surface area contributed by atoms with Gasteiger partial charge in [-0.05, 0) is 37.5 Å². The summed E-state index contributed by atoms with van der Waals surface area (Å²) in [6.45, 7) is 10.7.